The molecule has 0 saturated heterocycles. The number of hydrogen-bond acceptors (Lipinski definition) is 4. The number of nitrogens with zero attached hydrogens (tertiary/aromatic N) is 1. The third-order valence-electron chi connectivity index (χ3n) is 2.39. The van der Waals surface area contributed by atoms with Crippen LogP contribution in [0.15, 0.2) is 23.2 Å². The van der Waals surface area contributed by atoms with Crippen molar-refractivity contribution >= 4 is 18.2 Å². The van der Waals surface area contributed by atoms with Gasteiger partial charge in [-0.25, -0.2) is 0 Å². The molecule has 4 nitrogen and oxygen atoms in total. The van der Waals surface area contributed by atoms with Crippen LogP contribution in [0.4, 0.5) is 0 Å². The van der Waals surface area contributed by atoms with Crippen molar-refractivity contribution in [3.8, 4) is 11.5 Å². The monoisotopic (exact) mass is 242 g/mol. The van der Waals surface area contributed by atoms with Crippen molar-refractivity contribution in [3.63, 3.8) is 0 Å². The van der Waals surface area contributed by atoms with E-state index in [0.29, 0.717) is 12.5 Å². The molecule has 16 heavy (non-hydrogen) atoms. The minimum absolute atomic E-state index is 0. The summed E-state index contributed by atoms with van der Waals surface area (Å²) in [6.45, 7) is 2.92. The van der Waals surface area contributed by atoms with Crippen molar-refractivity contribution in [2.24, 2.45) is 4.99 Å². The Morgan fingerprint density at radius 1 is 1.38 bits per heavy atom. The van der Waals surface area contributed by atoms with Crippen LogP contribution < -0.4 is 5.32 Å². The van der Waals surface area contributed by atoms with Crippen LogP contribution in [0.3, 0.4) is 0 Å². The maximum absolute atomic E-state index is 9.32. The van der Waals surface area contributed by atoms with Gasteiger partial charge in [-0.05, 0) is 24.6 Å². The maximum Gasteiger partial charge on any atom is 0.157 e. The largest absolute Gasteiger partial charge is 0.504 e. The zero-order valence-corrected chi connectivity index (χ0v) is 9.79. The Labute approximate surface area is 100 Å². The molecule has 0 radical (unpaired) electrons. The van der Waals surface area contributed by atoms with Gasteiger partial charge < -0.3 is 15.5 Å². The van der Waals surface area contributed by atoms with Crippen molar-refractivity contribution in [1.82, 2.24) is 5.32 Å². The van der Waals surface area contributed by atoms with Crippen molar-refractivity contribution in [1.29, 1.82) is 0 Å². The molecule has 1 aromatic rings. The summed E-state index contributed by atoms with van der Waals surface area (Å²) < 4.78 is 0. The Morgan fingerprint density at radius 2 is 2.12 bits per heavy atom. The number of amidine groups is 1. The van der Waals surface area contributed by atoms with Gasteiger partial charge in [0.05, 0.1) is 6.04 Å². The lowest BCUT2D eigenvalue weighted by molar-refractivity contribution is 0.403. The molecule has 0 aromatic heterocycles. The van der Waals surface area contributed by atoms with E-state index in [0.717, 1.165) is 17.9 Å². The summed E-state index contributed by atoms with van der Waals surface area (Å²) in [5.41, 5.74) is 0.936. The fourth-order valence-electron chi connectivity index (χ4n) is 1.60. The van der Waals surface area contributed by atoms with Crippen molar-refractivity contribution in [2.45, 2.75) is 19.4 Å². The summed E-state index contributed by atoms with van der Waals surface area (Å²) >= 11 is 0. The van der Waals surface area contributed by atoms with Gasteiger partial charge in [-0.2, -0.15) is 0 Å². The molecule has 1 aliphatic heterocycles. The van der Waals surface area contributed by atoms with Gasteiger partial charge in [0.2, 0.25) is 0 Å². The third-order valence-corrected chi connectivity index (χ3v) is 2.39. The molecule has 0 unspecified atom stereocenters. The molecular formula is C11H15ClN2O2. The summed E-state index contributed by atoms with van der Waals surface area (Å²) in [5.74, 6) is 0.764. The maximum atomic E-state index is 9.32. The minimum atomic E-state index is -0.0894. The first kappa shape index (κ1) is 12.6. The lowest BCUT2D eigenvalue weighted by Crippen LogP contribution is -2.21. The van der Waals surface area contributed by atoms with Crippen LogP contribution in [0.5, 0.6) is 11.5 Å². The predicted octanol–water partition coefficient (Wildman–Crippen LogP) is 1.45. The number of hydrogen-bond donors (Lipinski definition) is 3. The summed E-state index contributed by atoms with van der Waals surface area (Å²) in [4.78, 5) is 4.40. The number of nitrogens with one attached hydrogen (secondary N) is 1. The topological polar surface area (TPSA) is 64.8 Å². The molecule has 0 bridgehead atoms. The lowest BCUT2D eigenvalue weighted by atomic mass is 10.1. The van der Waals surface area contributed by atoms with Crippen LogP contribution in [-0.2, 0) is 6.42 Å². The van der Waals surface area contributed by atoms with Gasteiger partial charge in [0.15, 0.2) is 11.5 Å². The number of halogens is 1. The van der Waals surface area contributed by atoms with Crippen LogP contribution >= 0.6 is 12.4 Å². The van der Waals surface area contributed by atoms with Crippen molar-refractivity contribution in [3.05, 3.63) is 23.8 Å². The van der Waals surface area contributed by atoms with Crippen LogP contribution in [0.2, 0.25) is 0 Å². The number of benzene rings is 1. The molecule has 1 aromatic carbocycles. The number of phenolic OH excluding ortho intramolecular Hbond substituents is 2. The van der Waals surface area contributed by atoms with E-state index in [9.17, 15) is 5.11 Å². The standard InChI is InChI=1S/C11H14N2O2.ClH/c1-7-6-12-11(13-7)5-8-2-3-9(14)10(15)4-8;/h2-4,7,14-15H,5-6H2,1H3,(H,12,13);1H/t7-;/m0./s1. The van der Waals surface area contributed by atoms with Crippen molar-refractivity contribution < 1.29 is 10.2 Å². The highest BCUT2D eigenvalue weighted by Gasteiger charge is 2.12. The van der Waals surface area contributed by atoms with E-state index < -0.39 is 0 Å². The van der Waals surface area contributed by atoms with Gasteiger partial charge in [0.25, 0.3) is 0 Å². The van der Waals surface area contributed by atoms with Gasteiger partial charge in [0, 0.05) is 13.0 Å². The normalized spacial score (nSPS) is 18.6. The van der Waals surface area contributed by atoms with E-state index in [1.807, 2.05) is 6.92 Å². The molecule has 5 heteroatoms. The second kappa shape index (κ2) is 5.07. The van der Waals surface area contributed by atoms with Crippen LogP contribution in [-0.4, -0.2) is 28.6 Å². The highest BCUT2D eigenvalue weighted by atomic mass is 35.5. The summed E-state index contributed by atoms with van der Waals surface area (Å²) in [7, 11) is 0. The molecule has 2 rings (SSSR count). The fourth-order valence-corrected chi connectivity index (χ4v) is 1.60. The third kappa shape index (κ3) is 2.79. The van der Waals surface area contributed by atoms with Crippen molar-refractivity contribution in [2.75, 3.05) is 6.54 Å². The zero-order valence-electron chi connectivity index (χ0n) is 8.97. The summed E-state index contributed by atoms with van der Waals surface area (Å²) in [6, 6.07) is 5.15. The van der Waals surface area contributed by atoms with Gasteiger partial charge in [0.1, 0.15) is 5.84 Å². The molecule has 1 heterocycles. The molecule has 1 atom stereocenters. The molecule has 1 aliphatic rings. The second-order valence-electron chi connectivity index (χ2n) is 3.81. The first-order valence-electron chi connectivity index (χ1n) is 4.96. The van der Waals surface area contributed by atoms with E-state index >= 15 is 0 Å². The minimum Gasteiger partial charge on any atom is -0.504 e. The van der Waals surface area contributed by atoms with Crippen LogP contribution in [0, 0.1) is 0 Å². The highest BCUT2D eigenvalue weighted by Crippen LogP contribution is 2.25. The second-order valence-corrected chi connectivity index (χ2v) is 3.81. The number of phenols is 2. The SMILES string of the molecule is C[C@H]1CNC(Cc2ccc(O)c(O)c2)=N1.Cl. The smallest absolute Gasteiger partial charge is 0.157 e. The number of aliphatic imine (C=N–C) groups is 1. The van der Waals surface area contributed by atoms with E-state index in [2.05, 4.69) is 10.3 Å². The molecule has 0 fully saturated rings. The van der Waals surface area contributed by atoms with E-state index in [-0.39, 0.29) is 23.9 Å². The van der Waals surface area contributed by atoms with Crippen LogP contribution in [0.1, 0.15) is 12.5 Å². The van der Waals surface area contributed by atoms with Gasteiger partial charge >= 0.3 is 0 Å². The Bertz CT molecular complexity index is 407. The summed E-state index contributed by atoms with van der Waals surface area (Å²) in [5, 5.41) is 21.7. The quantitative estimate of drug-likeness (QED) is 0.688. The van der Waals surface area contributed by atoms with E-state index in [1.165, 1.54) is 6.07 Å². The van der Waals surface area contributed by atoms with Gasteiger partial charge in [-0.3, -0.25) is 4.99 Å². The molecular weight excluding hydrogens is 228 g/mol. The first-order chi connectivity index (χ1) is 7.15. The van der Waals surface area contributed by atoms with Crippen LogP contribution in [0.25, 0.3) is 0 Å². The van der Waals surface area contributed by atoms with E-state index in [1.54, 1.807) is 12.1 Å². The van der Waals surface area contributed by atoms with Gasteiger partial charge in [-0.15, -0.1) is 12.4 Å². The van der Waals surface area contributed by atoms with E-state index in [4.69, 9.17) is 5.11 Å². The molecule has 88 valence electrons. The average molecular weight is 243 g/mol. The fraction of sp³-hybridized carbons (Fsp3) is 0.364. The molecule has 0 spiro atoms. The Hall–Kier alpha value is -1.42. The number of rotatable bonds is 2. The Morgan fingerprint density at radius 3 is 2.69 bits per heavy atom. The number of aromatic hydroxyl groups is 2. The highest BCUT2D eigenvalue weighted by molar-refractivity contribution is 5.86. The summed E-state index contributed by atoms with van der Waals surface area (Å²) in [6.07, 6.45) is 0.665. The predicted molar refractivity (Wildman–Crippen MR) is 65.6 cm³/mol. The Kier molecular flexibility index (Phi) is 4.01. The Balaban J connectivity index is 0.00000128. The lowest BCUT2D eigenvalue weighted by Gasteiger charge is -2.04. The zero-order chi connectivity index (χ0) is 10.8. The van der Waals surface area contributed by atoms with Gasteiger partial charge in [-0.1, -0.05) is 6.07 Å². The molecule has 0 aliphatic carbocycles. The first-order valence-corrected chi connectivity index (χ1v) is 4.96. The molecule has 0 amide bonds. The molecule has 0 saturated carbocycles. The molecule has 3 N–H and O–H groups in total. The average Bonchev–Trinajstić information content (AvgIpc) is 2.58.